The van der Waals surface area contributed by atoms with Crippen molar-refractivity contribution >= 4 is 28.8 Å². The molecule has 0 amide bonds. The summed E-state index contributed by atoms with van der Waals surface area (Å²) in [4.78, 5) is 12.9. The third-order valence-electron chi connectivity index (χ3n) is 6.24. The van der Waals surface area contributed by atoms with Crippen LogP contribution < -0.4 is 9.64 Å². The van der Waals surface area contributed by atoms with Crippen LogP contribution in [0.4, 0.5) is 11.4 Å². The van der Waals surface area contributed by atoms with Gasteiger partial charge >= 0.3 is 0 Å². The van der Waals surface area contributed by atoms with Crippen LogP contribution in [0.5, 0.6) is 5.75 Å². The molecule has 0 N–H and O–H groups in total. The van der Waals surface area contributed by atoms with E-state index in [1.165, 1.54) is 22.8 Å². The predicted octanol–water partition coefficient (Wildman–Crippen LogP) is 5.85. The normalized spacial score (nSPS) is 21.0. The number of fused-ring (bicyclic) bond motifs is 2. The minimum atomic E-state index is -0.703. The summed E-state index contributed by atoms with van der Waals surface area (Å²) in [7, 11) is 2.04. The lowest BCUT2D eigenvalue weighted by atomic mass is 9.76. The van der Waals surface area contributed by atoms with E-state index in [1.807, 2.05) is 19.2 Å². The first-order chi connectivity index (χ1) is 13.8. The van der Waals surface area contributed by atoms with Gasteiger partial charge in [-0.05, 0) is 77.7 Å². The maximum atomic E-state index is 11.1. The minimum Gasteiger partial charge on any atom is -0.463 e. The molecule has 29 heavy (non-hydrogen) atoms. The molecule has 0 radical (unpaired) electrons. The van der Waals surface area contributed by atoms with E-state index in [1.54, 1.807) is 23.5 Å². The number of thiophene rings is 1. The fourth-order valence-electron chi connectivity index (χ4n) is 4.52. The van der Waals surface area contributed by atoms with Crippen molar-refractivity contribution in [2.75, 3.05) is 11.9 Å². The highest BCUT2D eigenvalue weighted by Crippen LogP contribution is 2.55. The molecule has 0 fully saturated rings. The van der Waals surface area contributed by atoms with E-state index in [0.717, 1.165) is 11.3 Å². The van der Waals surface area contributed by atoms with Gasteiger partial charge in [-0.1, -0.05) is 6.07 Å². The van der Waals surface area contributed by atoms with E-state index >= 15 is 0 Å². The summed E-state index contributed by atoms with van der Waals surface area (Å²) < 4.78 is 6.57. The first kappa shape index (κ1) is 17.9. The standard InChI is InChI=1S/C23H20N2O3S/c1-22(2)19-13-15(17-9-11-29-14-17)4-6-20(19)24(3)23(22)10-8-16-12-18(25(26)27)5-7-21(16)28-23/h4-14H,1-3H3/t23-/m1/s1. The van der Waals surface area contributed by atoms with Gasteiger partial charge < -0.3 is 9.64 Å². The molecule has 0 saturated heterocycles. The SMILES string of the molecule is CN1c2ccc(-c3ccsc3)cc2C(C)(C)[C@]12C=Cc1cc([N+](=O)[O-])ccc1O2. The summed E-state index contributed by atoms with van der Waals surface area (Å²) in [5.74, 6) is 0.656. The number of rotatable bonds is 2. The summed E-state index contributed by atoms with van der Waals surface area (Å²) in [5, 5.41) is 15.3. The molecule has 0 aliphatic carbocycles. The van der Waals surface area contributed by atoms with Crippen LogP contribution in [0.3, 0.4) is 0 Å². The third kappa shape index (κ3) is 2.39. The summed E-state index contributed by atoms with van der Waals surface area (Å²) >= 11 is 1.69. The van der Waals surface area contributed by atoms with Crippen LogP contribution in [0, 0.1) is 10.1 Å². The van der Waals surface area contributed by atoms with Gasteiger partial charge in [0, 0.05) is 30.4 Å². The van der Waals surface area contributed by atoms with Crippen molar-refractivity contribution in [1.82, 2.24) is 0 Å². The van der Waals surface area contributed by atoms with Gasteiger partial charge in [-0.3, -0.25) is 10.1 Å². The van der Waals surface area contributed by atoms with Crippen LogP contribution in [0.1, 0.15) is 25.0 Å². The van der Waals surface area contributed by atoms with Gasteiger partial charge in [0.1, 0.15) is 5.75 Å². The summed E-state index contributed by atoms with van der Waals surface area (Å²) in [5.41, 5.74) is 4.52. The highest BCUT2D eigenvalue weighted by Gasteiger charge is 2.57. The molecule has 1 atom stereocenters. The largest absolute Gasteiger partial charge is 0.463 e. The Balaban J connectivity index is 1.61. The number of non-ortho nitro benzene ring substituents is 1. The van der Waals surface area contributed by atoms with Crippen molar-refractivity contribution in [3.63, 3.8) is 0 Å². The van der Waals surface area contributed by atoms with E-state index in [9.17, 15) is 10.1 Å². The van der Waals surface area contributed by atoms with Crippen molar-refractivity contribution in [2.45, 2.75) is 25.0 Å². The smallest absolute Gasteiger partial charge is 0.270 e. The van der Waals surface area contributed by atoms with Gasteiger partial charge in [-0.15, -0.1) is 0 Å². The van der Waals surface area contributed by atoms with E-state index in [-0.39, 0.29) is 16.0 Å². The number of hydrogen-bond donors (Lipinski definition) is 0. The first-order valence-corrected chi connectivity index (χ1v) is 10.4. The molecule has 3 aromatic rings. The van der Waals surface area contributed by atoms with E-state index in [0.29, 0.717) is 5.75 Å². The van der Waals surface area contributed by atoms with E-state index in [2.05, 4.69) is 53.8 Å². The van der Waals surface area contributed by atoms with Gasteiger partial charge in [0.25, 0.3) is 5.69 Å². The highest BCUT2D eigenvalue weighted by atomic mass is 32.1. The molecule has 5 rings (SSSR count). The predicted molar refractivity (Wildman–Crippen MR) is 117 cm³/mol. The van der Waals surface area contributed by atoms with E-state index in [4.69, 9.17) is 4.74 Å². The zero-order valence-electron chi connectivity index (χ0n) is 16.4. The van der Waals surface area contributed by atoms with Gasteiger partial charge in [-0.2, -0.15) is 11.3 Å². The Kier molecular flexibility index (Phi) is 3.67. The Morgan fingerprint density at radius 1 is 1.10 bits per heavy atom. The molecule has 2 aliphatic rings. The quantitative estimate of drug-likeness (QED) is 0.397. The van der Waals surface area contributed by atoms with Crippen LogP contribution in [0.25, 0.3) is 17.2 Å². The molecule has 0 bridgehead atoms. The molecule has 0 saturated carbocycles. The maximum absolute atomic E-state index is 11.1. The zero-order valence-corrected chi connectivity index (χ0v) is 17.2. The Morgan fingerprint density at radius 3 is 2.66 bits per heavy atom. The molecule has 0 unspecified atom stereocenters. The first-order valence-electron chi connectivity index (χ1n) is 9.41. The van der Waals surface area contributed by atoms with Gasteiger partial charge in [0.15, 0.2) is 0 Å². The lowest BCUT2D eigenvalue weighted by Crippen LogP contribution is -2.58. The maximum Gasteiger partial charge on any atom is 0.270 e. The van der Waals surface area contributed by atoms with Gasteiger partial charge in [-0.25, -0.2) is 0 Å². The molecule has 146 valence electrons. The van der Waals surface area contributed by atoms with Crippen LogP contribution in [0.2, 0.25) is 0 Å². The van der Waals surface area contributed by atoms with Crippen molar-refractivity contribution < 1.29 is 9.66 Å². The van der Waals surface area contributed by atoms with Gasteiger partial charge in [0.05, 0.1) is 10.3 Å². The third-order valence-corrected chi connectivity index (χ3v) is 6.92. The average molecular weight is 404 g/mol. The number of nitro groups is 1. The number of nitrogens with zero attached hydrogens (tertiary/aromatic N) is 2. The van der Waals surface area contributed by atoms with Crippen LogP contribution in [0.15, 0.2) is 59.3 Å². The molecule has 2 aliphatic heterocycles. The second-order valence-corrected chi connectivity index (χ2v) is 8.82. The highest BCUT2D eigenvalue weighted by molar-refractivity contribution is 7.08. The number of ether oxygens (including phenoxy) is 1. The Morgan fingerprint density at radius 2 is 1.93 bits per heavy atom. The summed E-state index contributed by atoms with van der Waals surface area (Å²) in [6, 6.07) is 13.4. The monoisotopic (exact) mass is 404 g/mol. The fourth-order valence-corrected chi connectivity index (χ4v) is 5.19. The molecule has 3 heterocycles. The Labute approximate surface area is 173 Å². The molecular weight excluding hydrogens is 384 g/mol. The number of anilines is 1. The number of likely N-dealkylation sites (N-methyl/N-ethyl adjacent to an activating group) is 1. The number of hydrogen-bond acceptors (Lipinski definition) is 5. The van der Waals surface area contributed by atoms with Crippen molar-refractivity contribution in [3.8, 4) is 16.9 Å². The van der Waals surface area contributed by atoms with Crippen molar-refractivity contribution in [3.05, 3.63) is 80.5 Å². The lowest BCUT2D eigenvalue weighted by molar-refractivity contribution is -0.384. The van der Waals surface area contributed by atoms with Gasteiger partial charge in [0.2, 0.25) is 5.72 Å². The average Bonchev–Trinajstić information content (AvgIpc) is 3.30. The molecule has 5 nitrogen and oxygen atoms in total. The zero-order chi connectivity index (χ0) is 20.4. The second kappa shape index (κ2) is 5.94. The van der Waals surface area contributed by atoms with E-state index < -0.39 is 5.72 Å². The Bertz CT molecular complexity index is 1170. The minimum absolute atomic E-state index is 0.0654. The second-order valence-electron chi connectivity index (χ2n) is 8.04. The number of nitro benzene ring substituents is 1. The molecular formula is C23H20N2O3S. The number of benzene rings is 2. The topological polar surface area (TPSA) is 55.6 Å². The van der Waals surface area contributed by atoms with Crippen molar-refractivity contribution in [2.24, 2.45) is 0 Å². The van der Waals surface area contributed by atoms with Crippen LogP contribution in [-0.4, -0.2) is 17.7 Å². The molecule has 6 heteroatoms. The molecule has 1 spiro atoms. The summed E-state index contributed by atoms with van der Waals surface area (Å²) in [6.07, 6.45) is 3.97. The van der Waals surface area contributed by atoms with Crippen LogP contribution >= 0.6 is 11.3 Å². The van der Waals surface area contributed by atoms with Crippen LogP contribution in [-0.2, 0) is 5.41 Å². The van der Waals surface area contributed by atoms with Crippen molar-refractivity contribution in [1.29, 1.82) is 0 Å². The Hall–Kier alpha value is -3.12. The fraction of sp³-hybridized carbons (Fsp3) is 0.217. The lowest BCUT2D eigenvalue weighted by Gasteiger charge is -2.45. The molecule has 2 aromatic carbocycles. The molecule has 1 aromatic heterocycles. The summed E-state index contributed by atoms with van der Waals surface area (Å²) in [6.45, 7) is 4.38.